The molecule has 0 bridgehead atoms. The van der Waals surface area contributed by atoms with E-state index in [4.69, 9.17) is 5.73 Å². The minimum atomic E-state index is -0.479. The number of halogens is 1. The average molecular weight is 243 g/mol. The van der Waals surface area contributed by atoms with Crippen molar-refractivity contribution < 1.29 is 4.79 Å². The first-order valence-electron chi connectivity index (χ1n) is 5.06. The molecule has 0 spiro atoms. The molecule has 1 rings (SSSR count). The Morgan fingerprint density at radius 1 is 1.31 bits per heavy atom. The van der Waals surface area contributed by atoms with Crippen molar-refractivity contribution in [2.24, 2.45) is 5.73 Å². The van der Waals surface area contributed by atoms with Crippen LogP contribution < -0.4 is 11.1 Å². The Hall–Kier alpha value is -1.06. The van der Waals surface area contributed by atoms with Gasteiger partial charge in [0.1, 0.15) is 0 Å². The van der Waals surface area contributed by atoms with E-state index in [0.717, 1.165) is 5.56 Å². The number of carbonyl (C=O) groups is 1. The summed E-state index contributed by atoms with van der Waals surface area (Å²) in [6.45, 7) is 5.60. The van der Waals surface area contributed by atoms with Crippen LogP contribution in [0.1, 0.15) is 26.3 Å². The fraction of sp³-hybridized carbons (Fsp3) is 0.417. The third kappa shape index (κ3) is 3.83. The highest BCUT2D eigenvalue weighted by Gasteiger charge is 2.23. The van der Waals surface area contributed by atoms with Gasteiger partial charge in [-0.1, -0.05) is 30.3 Å². The number of rotatable bonds is 3. The summed E-state index contributed by atoms with van der Waals surface area (Å²) in [5.41, 5.74) is 6.19. The second-order valence-electron chi connectivity index (χ2n) is 4.27. The minimum absolute atomic E-state index is 0. The van der Waals surface area contributed by atoms with Crippen LogP contribution in [0.5, 0.6) is 0 Å². The summed E-state index contributed by atoms with van der Waals surface area (Å²) < 4.78 is 0. The highest BCUT2D eigenvalue weighted by molar-refractivity contribution is 5.85. The molecule has 0 aliphatic rings. The molecule has 16 heavy (non-hydrogen) atoms. The maximum absolute atomic E-state index is 11.5. The van der Waals surface area contributed by atoms with E-state index >= 15 is 0 Å². The summed E-state index contributed by atoms with van der Waals surface area (Å²) in [4.78, 5) is 11.5. The molecule has 0 aromatic heterocycles. The maximum Gasteiger partial charge on any atom is 0.237 e. The van der Waals surface area contributed by atoms with Crippen LogP contribution in [0.2, 0.25) is 0 Å². The number of hydrogen-bond acceptors (Lipinski definition) is 2. The van der Waals surface area contributed by atoms with Crippen LogP contribution in [0.15, 0.2) is 30.3 Å². The first-order valence-corrected chi connectivity index (χ1v) is 5.06. The lowest BCUT2D eigenvalue weighted by molar-refractivity contribution is -0.123. The van der Waals surface area contributed by atoms with E-state index in [0.29, 0.717) is 0 Å². The van der Waals surface area contributed by atoms with Crippen molar-refractivity contribution in [1.82, 2.24) is 5.32 Å². The molecule has 0 radical (unpaired) electrons. The van der Waals surface area contributed by atoms with Crippen LogP contribution in [-0.2, 0) is 10.3 Å². The van der Waals surface area contributed by atoms with Gasteiger partial charge in [-0.05, 0) is 26.3 Å². The second kappa shape index (κ2) is 5.87. The highest BCUT2D eigenvalue weighted by Crippen LogP contribution is 2.19. The van der Waals surface area contributed by atoms with Gasteiger partial charge in [-0.25, -0.2) is 0 Å². The number of hydrogen-bond donors (Lipinski definition) is 2. The molecule has 0 fully saturated rings. The standard InChI is InChI=1S/C12H18N2O.ClH/c1-9(13)11(15)14-12(2,3)10-7-5-4-6-8-10;/h4-9H,13H2,1-3H3,(H,14,15);1H/t9-;/m1./s1. The summed E-state index contributed by atoms with van der Waals surface area (Å²) >= 11 is 0. The third-order valence-electron chi connectivity index (χ3n) is 2.34. The van der Waals surface area contributed by atoms with E-state index in [9.17, 15) is 4.79 Å². The Morgan fingerprint density at radius 2 is 1.81 bits per heavy atom. The molecule has 0 aliphatic heterocycles. The molecular weight excluding hydrogens is 224 g/mol. The molecule has 0 saturated heterocycles. The third-order valence-corrected chi connectivity index (χ3v) is 2.34. The predicted molar refractivity (Wildman–Crippen MR) is 68.5 cm³/mol. The van der Waals surface area contributed by atoms with Gasteiger partial charge in [0.2, 0.25) is 5.91 Å². The number of carbonyl (C=O) groups excluding carboxylic acids is 1. The van der Waals surface area contributed by atoms with Crippen molar-refractivity contribution in [1.29, 1.82) is 0 Å². The Kier molecular flexibility index (Phi) is 5.48. The van der Waals surface area contributed by atoms with E-state index in [-0.39, 0.29) is 23.9 Å². The van der Waals surface area contributed by atoms with E-state index in [2.05, 4.69) is 5.32 Å². The lowest BCUT2D eigenvalue weighted by Gasteiger charge is -2.27. The fourth-order valence-corrected chi connectivity index (χ4v) is 1.35. The summed E-state index contributed by atoms with van der Waals surface area (Å²) in [6, 6.07) is 9.35. The highest BCUT2D eigenvalue weighted by atomic mass is 35.5. The van der Waals surface area contributed by atoms with Gasteiger partial charge >= 0.3 is 0 Å². The topological polar surface area (TPSA) is 55.1 Å². The van der Waals surface area contributed by atoms with Crippen LogP contribution in [0.4, 0.5) is 0 Å². The van der Waals surface area contributed by atoms with Crippen LogP contribution in [0.3, 0.4) is 0 Å². The van der Waals surface area contributed by atoms with Crippen LogP contribution >= 0.6 is 12.4 Å². The van der Waals surface area contributed by atoms with Crippen LogP contribution in [0, 0.1) is 0 Å². The summed E-state index contributed by atoms with van der Waals surface area (Å²) in [5, 5.41) is 2.91. The van der Waals surface area contributed by atoms with Gasteiger partial charge in [-0.2, -0.15) is 0 Å². The van der Waals surface area contributed by atoms with E-state index < -0.39 is 6.04 Å². The molecule has 0 unspecified atom stereocenters. The Morgan fingerprint density at radius 3 is 2.25 bits per heavy atom. The maximum atomic E-state index is 11.5. The van der Waals surface area contributed by atoms with Gasteiger partial charge in [-0.3, -0.25) is 4.79 Å². The number of amides is 1. The summed E-state index contributed by atoms with van der Waals surface area (Å²) in [7, 11) is 0. The zero-order valence-corrected chi connectivity index (χ0v) is 10.7. The van der Waals surface area contributed by atoms with Gasteiger partial charge < -0.3 is 11.1 Å². The van der Waals surface area contributed by atoms with E-state index in [1.54, 1.807) is 6.92 Å². The van der Waals surface area contributed by atoms with E-state index in [1.165, 1.54) is 0 Å². The monoisotopic (exact) mass is 242 g/mol. The molecule has 1 amide bonds. The summed E-state index contributed by atoms with van der Waals surface area (Å²) in [5.74, 6) is -0.135. The molecule has 1 aromatic carbocycles. The molecule has 3 N–H and O–H groups in total. The van der Waals surface area contributed by atoms with Gasteiger partial charge in [0, 0.05) is 0 Å². The molecule has 4 heteroatoms. The van der Waals surface area contributed by atoms with Crippen LogP contribution in [-0.4, -0.2) is 11.9 Å². The molecule has 3 nitrogen and oxygen atoms in total. The fourth-order valence-electron chi connectivity index (χ4n) is 1.35. The molecule has 0 saturated carbocycles. The Balaban J connectivity index is 0.00000225. The molecule has 0 heterocycles. The van der Waals surface area contributed by atoms with E-state index in [1.807, 2.05) is 44.2 Å². The second-order valence-corrected chi connectivity index (χ2v) is 4.27. The number of nitrogens with two attached hydrogens (primary N) is 1. The zero-order chi connectivity index (χ0) is 11.5. The van der Waals surface area contributed by atoms with Crippen molar-refractivity contribution in [3.63, 3.8) is 0 Å². The number of nitrogens with one attached hydrogen (secondary N) is 1. The van der Waals surface area contributed by atoms with Gasteiger partial charge in [0.15, 0.2) is 0 Å². The number of benzene rings is 1. The quantitative estimate of drug-likeness (QED) is 0.850. The van der Waals surface area contributed by atoms with Gasteiger partial charge in [0.25, 0.3) is 0 Å². The van der Waals surface area contributed by atoms with Gasteiger partial charge in [-0.15, -0.1) is 12.4 Å². The minimum Gasteiger partial charge on any atom is -0.346 e. The first-order chi connectivity index (χ1) is 6.93. The lowest BCUT2D eigenvalue weighted by atomic mass is 9.94. The first kappa shape index (κ1) is 14.9. The van der Waals surface area contributed by atoms with Gasteiger partial charge in [0.05, 0.1) is 11.6 Å². The SMILES string of the molecule is C[C@@H](N)C(=O)NC(C)(C)c1ccccc1.Cl. The smallest absolute Gasteiger partial charge is 0.237 e. The van der Waals surface area contributed by atoms with Crippen molar-refractivity contribution in [3.8, 4) is 0 Å². The van der Waals surface area contributed by atoms with Crippen molar-refractivity contribution in [2.75, 3.05) is 0 Å². The molecular formula is C12H19ClN2O. The normalized spacial score (nSPS) is 12.5. The Bertz CT molecular complexity index is 336. The van der Waals surface area contributed by atoms with Crippen molar-refractivity contribution in [3.05, 3.63) is 35.9 Å². The van der Waals surface area contributed by atoms with Crippen molar-refractivity contribution >= 4 is 18.3 Å². The average Bonchev–Trinajstić information content (AvgIpc) is 2.18. The van der Waals surface area contributed by atoms with Crippen LogP contribution in [0.25, 0.3) is 0 Å². The molecule has 1 aromatic rings. The Labute approximate surface area is 103 Å². The largest absolute Gasteiger partial charge is 0.346 e. The molecule has 90 valence electrons. The lowest BCUT2D eigenvalue weighted by Crippen LogP contribution is -2.47. The van der Waals surface area contributed by atoms with Crippen molar-refractivity contribution in [2.45, 2.75) is 32.4 Å². The predicted octanol–water partition coefficient (Wildman–Crippen LogP) is 1.81. The summed E-state index contributed by atoms with van der Waals surface area (Å²) in [6.07, 6.45) is 0. The zero-order valence-electron chi connectivity index (χ0n) is 9.86. The molecule has 0 aliphatic carbocycles. The molecule has 1 atom stereocenters.